The van der Waals surface area contributed by atoms with Crippen LogP contribution in [0.1, 0.15) is 23.8 Å². The monoisotopic (exact) mass is 292 g/mol. The number of benzene rings is 3. The number of hydrogen-bond acceptors (Lipinski definition) is 2. The van der Waals surface area contributed by atoms with E-state index in [9.17, 15) is 5.11 Å². The van der Waals surface area contributed by atoms with E-state index in [1.165, 1.54) is 16.3 Å². The maximum Gasteiger partial charge on any atom is 0.181 e. The molecule has 3 rings (SSSR count). The summed E-state index contributed by atoms with van der Waals surface area (Å²) in [5, 5.41) is 12.5. The van der Waals surface area contributed by atoms with Gasteiger partial charge in [-0.25, -0.2) is 0 Å². The largest absolute Gasteiger partial charge is 0.364 e. The van der Waals surface area contributed by atoms with Crippen molar-refractivity contribution in [1.82, 2.24) is 0 Å². The van der Waals surface area contributed by atoms with Crippen molar-refractivity contribution in [3.63, 3.8) is 0 Å². The van der Waals surface area contributed by atoms with Gasteiger partial charge in [-0.1, -0.05) is 72.8 Å². The van der Waals surface area contributed by atoms with E-state index >= 15 is 0 Å². The highest BCUT2D eigenvalue weighted by atomic mass is 16.6. The number of aliphatic hydroxyl groups is 1. The van der Waals surface area contributed by atoms with Crippen molar-refractivity contribution in [2.75, 3.05) is 6.61 Å². The first-order chi connectivity index (χ1) is 10.8. The van der Waals surface area contributed by atoms with Crippen LogP contribution in [-0.2, 0) is 11.2 Å². The molecule has 0 aromatic heterocycles. The Kier molecular flexibility index (Phi) is 4.84. The average molecular weight is 292 g/mol. The summed E-state index contributed by atoms with van der Waals surface area (Å²) >= 11 is 0. The first-order valence-corrected chi connectivity index (χ1v) is 7.65. The van der Waals surface area contributed by atoms with Gasteiger partial charge in [0, 0.05) is 5.56 Å². The fraction of sp³-hybridized carbons (Fsp3) is 0.200. The highest BCUT2D eigenvalue weighted by Crippen LogP contribution is 2.17. The molecule has 0 aliphatic heterocycles. The lowest BCUT2D eigenvalue weighted by Gasteiger charge is -2.12. The quantitative estimate of drug-likeness (QED) is 0.536. The topological polar surface area (TPSA) is 29.5 Å². The summed E-state index contributed by atoms with van der Waals surface area (Å²) in [5.74, 6) is 0. The van der Waals surface area contributed by atoms with Crippen LogP contribution in [0.25, 0.3) is 10.8 Å². The minimum atomic E-state index is -0.835. The Morgan fingerprint density at radius 1 is 0.818 bits per heavy atom. The number of fused-ring (bicyclic) bond motifs is 1. The summed E-state index contributed by atoms with van der Waals surface area (Å²) in [6.07, 6.45) is 1.01. The Morgan fingerprint density at radius 2 is 1.55 bits per heavy atom. The summed E-state index contributed by atoms with van der Waals surface area (Å²) in [7, 11) is 0. The van der Waals surface area contributed by atoms with Gasteiger partial charge in [0.1, 0.15) is 0 Å². The van der Waals surface area contributed by atoms with Gasteiger partial charge in [0.25, 0.3) is 0 Å². The van der Waals surface area contributed by atoms with Gasteiger partial charge in [-0.15, -0.1) is 0 Å². The Labute approximate surface area is 131 Å². The molecule has 0 fully saturated rings. The minimum absolute atomic E-state index is 0.545. The van der Waals surface area contributed by atoms with E-state index in [4.69, 9.17) is 4.74 Å². The predicted molar refractivity (Wildman–Crippen MR) is 89.6 cm³/mol. The fourth-order valence-corrected chi connectivity index (χ4v) is 2.58. The fourth-order valence-electron chi connectivity index (χ4n) is 2.58. The molecule has 0 saturated heterocycles. The van der Waals surface area contributed by atoms with E-state index in [-0.39, 0.29) is 0 Å². The van der Waals surface area contributed by atoms with Crippen molar-refractivity contribution >= 4 is 10.8 Å². The molecule has 22 heavy (non-hydrogen) atoms. The molecule has 2 heteroatoms. The molecule has 0 saturated carbocycles. The van der Waals surface area contributed by atoms with E-state index in [0.29, 0.717) is 6.61 Å². The third kappa shape index (κ3) is 3.73. The van der Waals surface area contributed by atoms with Gasteiger partial charge in [-0.3, -0.25) is 0 Å². The molecule has 0 bridgehead atoms. The standard InChI is InChI=1S/C20H20O2/c21-20(18-9-2-1-3-10-18)22-14-6-7-16-12-13-17-8-4-5-11-19(17)15-16/h1-5,8-13,15,20-21H,6-7,14H2. The lowest BCUT2D eigenvalue weighted by Crippen LogP contribution is -2.05. The molecule has 112 valence electrons. The summed E-state index contributed by atoms with van der Waals surface area (Å²) in [5.41, 5.74) is 2.10. The molecule has 0 aliphatic rings. The van der Waals surface area contributed by atoms with E-state index < -0.39 is 6.29 Å². The number of rotatable bonds is 6. The van der Waals surface area contributed by atoms with Crippen LogP contribution < -0.4 is 0 Å². The minimum Gasteiger partial charge on any atom is -0.364 e. The first kappa shape index (κ1) is 14.8. The van der Waals surface area contributed by atoms with Crippen LogP contribution in [0.4, 0.5) is 0 Å². The molecule has 2 nitrogen and oxygen atoms in total. The summed E-state index contributed by atoms with van der Waals surface area (Å²) in [6.45, 7) is 0.545. The normalized spacial score (nSPS) is 12.4. The van der Waals surface area contributed by atoms with Gasteiger partial charge in [-0.05, 0) is 29.2 Å². The third-order valence-electron chi connectivity index (χ3n) is 3.78. The smallest absolute Gasteiger partial charge is 0.181 e. The lowest BCUT2D eigenvalue weighted by molar-refractivity contribution is -0.103. The van der Waals surface area contributed by atoms with Gasteiger partial charge in [0.2, 0.25) is 0 Å². The summed E-state index contributed by atoms with van der Waals surface area (Å²) < 4.78 is 5.49. The van der Waals surface area contributed by atoms with Crippen LogP contribution in [0.3, 0.4) is 0 Å². The highest BCUT2D eigenvalue weighted by Gasteiger charge is 2.06. The Hall–Kier alpha value is -2.16. The second-order valence-electron chi connectivity index (χ2n) is 5.42. The lowest BCUT2D eigenvalue weighted by atomic mass is 10.0. The Bertz CT molecular complexity index is 722. The van der Waals surface area contributed by atoms with Gasteiger partial charge >= 0.3 is 0 Å². The van der Waals surface area contributed by atoms with Gasteiger partial charge < -0.3 is 9.84 Å². The van der Waals surface area contributed by atoms with E-state index in [1.807, 2.05) is 30.3 Å². The first-order valence-electron chi connectivity index (χ1n) is 7.65. The number of hydrogen-bond donors (Lipinski definition) is 1. The number of aliphatic hydroxyl groups excluding tert-OH is 1. The molecule has 1 unspecified atom stereocenters. The van der Waals surface area contributed by atoms with Crippen LogP contribution in [0, 0.1) is 0 Å². The van der Waals surface area contributed by atoms with Crippen molar-refractivity contribution in [2.45, 2.75) is 19.1 Å². The van der Waals surface area contributed by atoms with Crippen LogP contribution in [0.15, 0.2) is 72.8 Å². The van der Waals surface area contributed by atoms with Crippen LogP contribution in [-0.4, -0.2) is 11.7 Å². The summed E-state index contributed by atoms with van der Waals surface area (Å²) in [4.78, 5) is 0. The second kappa shape index (κ2) is 7.21. The van der Waals surface area contributed by atoms with E-state index in [0.717, 1.165) is 18.4 Å². The molecular formula is C20H20O2. The Morgan fingerprint density at radius 3 is 2.36 bits per heavy atom. The van der Waals surface area contributed by atoms with Crippen molar-refractivity contribution in [1.29, 1.82) is 0 Å². The van der Waals surface area contributed by atoms with Gasteiger partial charge in [-0.2, -0.15) is 0 Å². The third-order valence-corrected chi connectivity index (χ3v) is 3.78. The van der Waals surface area contributed by atoms with Crippen molar-refractivity contribution in [3.05, 3.63) is 83.9 Å². The van der Waals surface area contributed by atoms with E-state index in [1.54, 1.807) is 0 Å². The molecule has 1 atom stereocenters. The highest BCUT2D eigenvalue weighted by molar-refractivity contribution is 5.82. The molecule has 3 aromatic rings. The zero-order valence-electron chi connectivity index (χ0n) is 12.5. The SMILES string of the molecule is OC(OCCCc1ccc2ccccc2c1)c1ccccc1. The maximum atomic E-state index is 9.94. The van der Waals surface area contributed by atoms with Crippen molar-refractivity contribution in [3.8, 4) is 0 Å². The number of aryl methyl sites for hydroxylation is 1. The molecule has 0 heterocycles. The van der Waals surface area contributed by atoms with Gasteiger partial charge in [0.05, 0.1) is 6.61 Å². The summed E-state index contributed by atoms with van der Waals surface area (Å²) in [6, 6.07) is 24.4. The number of ether oxygens (including phenoxy) is 1. The molecule has 0 amide bonds. The molecule has 3 aromatic carbocycles. The molecule has 0 radical (unpaired) electrons. The average Bonchev–Trinajstić information content (AvgIpc) is 2.59. The van der Waals surface area contributed by atoms with Gasteiger partial charge in [0.15, 0.2) is 6.29 Å². The zero-order chi connectivity index (χ0) is 15.2. The van der Waals surface area contributed by atoms with Crippen molar-refractivity contribution < 1.29 is 9.84 Å². The zero-order valence-corrected chi connectivity index (χ0v) is 12.5. The van der Waals surface area contributed by atoms with Crippen molar-refractivity contribution in [2.24, 2.45) is 0 Å². The Balaban J connectivity index is 1.50. The molecule has 0 aliphatic carbocycles. The van der Waals surface area contributed by atoms with Crippen LogP contribution in [0.5, 0.6) is 0 Å². The molecule has 0 spiro atoms. The predicted octanol–water partition coefficient (Wildman–Crippen LogP) is 4.48. The molecule has 1 N–H and O–H groups in total. The maximum absolute atomic E-state index is 9.94. The van der Waals surface area contributed by atoms with Crippen LogP contribution in [0.2, 0.25) is 0 Å². The van der Waals surface area contributed by atoms with Crippen LogP contribution >= 0.6 is 0 Å². The van der Waals surface area contributed by atoms with E-state index in [2.05, 4.69) is 42.5 Å². The second-order valence-corrected chi connectivity index (χ2v) is 5.42. The molecular weight excluding hydrogens is 272 g/mol.